The summed E-state index contributed by atoms with van der Waals surface area (Å²) in [5.41, 5.74) is 0. The van der Waals surface area contributed by atoms with Crippen LogP contribution in [0.2, 0.25) is 0 Å². The zero-order valence-corrected chi connectivity index (χ0v) is 11.6. The zero-order valence-electron chi connectivity index (χ0n) is 11.6. The number of hydrogen-bond acceptors (Lipinski definition) is 5. The first kappa shape index (κ1) is 14.7. The summed E-state index contributed by atoms with van der Waals surface area (Å²) in [6.45, 7) is 3.86. The molecule has 0 atom stereocenters. The molecule has 0 aliphatic rings. The number of methoxy groups -OCH3 is 1. The first-order valence-electron chi connectivity index (χ1n) is 6.58. The van der Waals surface area contributed by atoms with Crippen LogP contribution in [0.4, 0.5) is 11.6 Å². The zero-order chi connectivity index (χ0) is 13.2. The summed E-state index contributed by atoms with van der Waals surface area (Å²) >= 11 is 0. The molecule has 1 aromatic rings. The van der Waals surface area contributed by atoms with Crippen LogP contribution in [0, 0.1) is 0 Å². The van der Waals surface area contributed by atoms with Crippen LogP contribution in [0.3, 0.4) is 0 Å². The van der Waals surface area contributed by atoms with Crippen molar-refractivity contribution in [2.45, 2.75) is 32.6 Å². The third-order valence-corrected chi connectivity index (χ3v) is 2.58. The molecule has 1 heterocycles. The van der Waals surface area contributed by atoms with Gasteiger partial charge in [-0.1, -0.05) is 6.92 Å². The monoisotopic (exact) mass is 252 g/mol. The van der Waals surface area contributed by atoms with E-state index in [1.807, 2.05) is 13.1 Å². The Morgan fingerprint density at radius 1 is 1.22 bits per heavy atom. The molecule has 0 amide bonds. The van der Waals surface area contributed by atoms with Crippen LogP contribution in [0.1, 0.15) is 32.0 Å². The highest BCUT2D eigenvalue weighted by Gasteiger charge is 2.02. The SMILES string of the molecule is CCCc1nc(NC)cc(NCCCCOC)n1. The average Bonchev–Trinajstić information content (AvgIpc) is 2.38. The second-order valence-corrected chi connectivity index (χ2v) is 4.18. The van der Waals surface area contributed by atoms with Gasteiger partial charge in [-0.15, -0.1) is 0 Å². The normalized spacial score (nSPS) is 10.4. The highest BCUT2D eigenvalue weighted by Crippen LogP contribution is 2.12. The predicted octanol–water partition coefficient (Wildman–Crippen LogP) is 2.31. The minimum Gasteiger partial charge on any atom is -0.385 e. The fourth-order valence-electron chi connectivity index (χ4n) is 1.64. The van der Waals surface area contributed by atoms with E-state index in [0.29, 0.717) is 0 Å². The molecule has 1 rings (SSSR count). The summed E-state index contributed by atoms with van der Waals surface area (Å²) < 4.78 is 5.02. The molecule has 0 aromatic carbocycles. The van der Waals surface area contributed by atoms with Gasteiger partial charge in [-0.05, 0) is 19.3 Å². The van der Waals surface area contributed by atoms with Gasteiger partial charge in [0.25, 0.3) is 0 Å². The lowest BCUT2D eigenvalue weighted by atomic mass is 10.3. The molecular formula is C13H24N4O. The Labute approximate surface area is 109 Å². The Morgan fingerprint density at radius 3 is 2.67 bits per heavy atom. The third-order valence-electron chi connectivity index (χ3n) is 2.58. The second-order valence-electron chi connectivity index (χ2n) is 4.18. The molecule has 5 nitrogen and oxygen atoms in total. The number of anilines is 2. The molecule has 0 bridgehead atoms. The van der Waals surface area contributed by atoms with Gasteiger partial charge in [-0.3, -0.25) is 0 Å². The summed E-state index contributed by atoms with van der Waals surface area (Å²) in [6, 6.07) is 1.94. The number of nitrogens with zero attached hydrogens (tertiary/aromatic N) is 2. The van der Waals surface area contributed by atoms with E-state index >= 15 is 0 Å². The lowest BCUT2D eigenvalue weighted by molar-refractivity contribution is 0.194. The molecular weight excluding hydrogens is 228 g/mol. The molecule has 0 aliphatic heterocycles. The van der Waals surface area contributed by atoms with Crippen molar-refractivity contribution in [3.63, 3.8) is 0 Å². The molecule has 0 spiro atoms. The molecule has 5 heteroatoms. The highest BCUT2D eigenvalue weighted by molar-refractivity contribution is 5.47. The van der Waals surface area contributed by atoms with E-state index in [2.05, 4.69) is 27.5 Å². The van der Waals surface area contributed by atoms with Gasteiger partial charge in [-0.2, -0.15) is 0 Å². The third kappa shape index (κ3) is 5.31. The molecule has 1 aromatic heterocycles. The lowest BCUT2D eigenvalue weighted by Gasteiger charge is -2.09. The number of ether oxygens (including phenoxy) is 1. The van der Waals surface area contributed by atoms with Crippen LogP contribution in [0.25, 0.3) is 0 Å². The topological polar surface area (TPSA) is 59.1 Å². The lowest BCUT2D eigenvalue weighted by Crippen LogP contribution is -2.08. The Bertz CT molecular complexity index is 344. The van der Waals surface area contributed by atoms with Crippen molar-refractivity contribution in [2.75, 3.05) is 37.9 Å². The van der Waals surface area contributed by atoms with Crippen molar-refractivity contribution in [1.29, 1.82) is 0 Å². The maximum absolute atomic E-state index is 5.02. The molecule has 0 radical (unpaired) electrons. The van der Waals surface area contributed by atoms with Crippen LogP contribution >= 0.6 is 0 Å². The summed E-state index contributed by atoms with van der Waals surface area (Å²) in [7, 11) is 3.61. The van der Waals surface area contributed by atoms with Crippen molar-refractivity contribution < 1.29 is 4.74 Å². The van der Waals surface area contributed by atoms with Crippen LogP contribution in [-0.4, -0.2) is 37.3 Å². The fraction of sp³-hybridized carbons (Fsp3) is 0.692. The molecule has 0 saturated carbocycles. The number of unbranched alkanes of at least 4 members (excludes halogenated alkanes) is 1. The van der Waals surface area contributed by atoms with Crippen molar-refractivity contribution in [1.82, 2.24) is 9.97 Å². The highest BCUT2D eigenvalue weighted by atomic mass is 16.5. The van der Waals surface area contributed by atoms with Crippen molar-refractivity contribution >= 4 is 11.6 Å². The van der Waals surface area contributed by atoms with Gasteiger partial charge in [0.2, 0.25) is 0 Å². The van der Waals surface area contributed by atoms with E-state index in [0.717, 1.165) is 56.3 Å². The molecule has 18 heavy (non-hydrogen) atoms. The number of aryl methyl sites for hydroxylation is 1. The van der Waals surface area contributed by atoms with Gasteiger partial charge < -0.3 is 15.4 Å². The predicted molar refractivity (Wildman–Crippen MR) is 75.2 cm³/mol. The molecule has 0 aliphatic carbocycles. The van der Waals surface area contributed by atoms with Crippen molar-refractivity contribution in [3.8, 4) is 0 Å². The molecule has 0 unspecified atom stereocenters. The van der Waals surface area contributed by atoms with E-state index in [9.17, 15) is 0 Å². The van der Waals surface area contributed by atoms with Gasteiger partial charge in [0, 0.05) is 39.8 Å². The largest absolute Gasteiger partial charge is 0.385 e. The molecule has 2 N–H and O–H groups in total. The van der Waals surface area contributed by atoms with Crippen LogP contribution in [-0.2, 0) is 11.2 Å². The van der Waals surface area contributed by atoms with Gasteiger partial charge in [0.1, 0.15) is 17.5 Å². The smallest absolute Gasteiger partial charge is 0.133 e. The quantitative estimate of drug-likeness (QED) is 0.660. The maximum atomic E-state index is 5.02. The summed E-state index contributed by atoms with van der Waals surface area (Å²) in [5.74, 6) is 2.66. The van der Waals surface area contributed by atoms with E-state index in [4.69, 9.17) is 4.74 Å². The Morgan fingerprint density at radius 2 is 2.00 bits per heavy atom. The maximum Gasteiger partial charge on any atom is 0.133 e. The van der Waals surface area contributed by atoms with Gasteiger partial charge in [0.05, 0.1) is 0 Å². The minimum absolute atomic E-state index is 0.814. The summed E-state index contributed by atoms with van der Waals surface area (Å²) in [6.07, 6.45) is 4.11. The number of hydrogen-bond donors (Lipinski definition) is 2. The Balaban J connectivity index is 2.50. The van der Waals surface area contributed by atoms with Crippen LogP contribution in [0.5, 0.6) is 0 Å². The first-order chi connectivity index (χ1) is 8.80. The van der Waals surface area contributed by atoms with E-state index in [1.165, 1.54) is 0 Å². The van der Waals surface area contributed by atoms with E-state index in [1.54, 1.807) is 7.11 Å². The average molecular weight is 252 g/mol. The van der Waals surface area contributed by atoms with Gasteiger partial charge in [-0.25, -0.2) is 9.97 Å². The molecule has 0 fully saturated rings. The van der Waals surface area contributed by atoms with Crippen molar-refractivity contribution in [3.05, 3.63) is 11.9 Å². The van der Waals surface area contributed by atoms with Crippen LogP contribution in [0.15, 0.2) is 6.07 Å². The van der Waals surface area contributed by atoms with E-state index in [-0.39, 0.29) is 0 Å². The van der Waals surface area contributed by atoms with Gasteiger partial charge in [0.15, 0.2) is 0 Å². The number of rotatable bonds is 9. The minimum atomic E-state index is 0.814. The summed E-state index contributed by atoms with van der Waals surface area (Å²) in [5, 5.41) is 6.40. The second kappa shape index (κ2) is 8.69. The molecule has 0 saturated heterocycles. The standard InChI is InChI=1S/C13H24N4O/c1-4-7-11-16-12(14-2)10-13(17-11)15-8-5-6-9-18-3/h10H,4-9H2,1-3H3,(H2,14,15,16,17). The fourth-order valence-corrected chi connectivity index (χ4v) is 1.64. The first-order valence-corrected chi connectivity index (χ1v) is 6.58. The number of nitrogens with one attached hydrogen (secondary N) is 2. The number of aromatic nitrogens is 2. The van der Waals surface area contributed by atoms with Gasteiger partial charge >= 0.3 is 0 Å². The van der Waals surface area contributed by atoms with Crippen molar-refractivity contribution in [2.24, 2.45) is 0 Å². The summed E-state index contributed by atoms with van der Waals surface area (Å²) in [4.78, 5) is 8.91. The Hall–Kier alpha value is -1.36. The van der Waals surface area contributed by atoms with E-state index < -0.39 is 0 Å². The van der Waals surface area contributed by atoms with Crippen LogP contribution < -0.4 is 10.6 Å². The molecule has 102 valence electrons. The Kier molecular flexibility index (Phi) is 7.10.